The van der Waals surface area contributed by atoms with Gasteiger partial charge in [0.15, 0.2) is 5.78 Å². The summed E-state index contributed by atoms with van der Waals surface area (Å²) in [6.45, 7) is -0.211. The van der Waals surface area contributed by atoms with E-state index in [-0.39, 0.29) is 11.5 Å². The third kappa shape index (κ3) is 3.76. The first-order chi connectivity index (χ1) is 12.1. The third-order valence-corrected chi connectivity index (χ3v) is 3.91. The average Bonchev–Trinajstić information content (AvgIpc) is 2.61. The van der Waals surface area contributed by atoms with Crippen molar-refractivity contribution in [1.29, 1.82) is 0 Å². The number of halogens is 2. The highest BCUT2D eigenvalue weighted by Crippen LogP contribution is 2.30. The topological polar surface area (TPSA) is 29.5 Å². The van der Waals surface area contributed by atoms with Gasteiger partial charge in [0.25, 0.3) is 0 Å². The molecule has 128 valence electrons. The normalized spacial score (nSPS) is 14.7. The molecule has 0 unspecified atom stereocenters. The van der Waals surface area contributed by atoms with Gasteiger partial charge in [-0.15, -0.1) is 0 Å². The van der Waals surface area contributed by atoms with Gasteiger partial charge < -0.3 is 9.64 Å². The van der Waals surface area contributed by atoms with Crippen molar-refractivity contribution in [2.24, 2.45) is 0 Å². The molecule has 5 heteroatoms. The molecule has 0 saturated heterocycles. The van der Waals surface area contributed by atoms with E-state index in [9.17, 15) is 13.6 Å². The van der Waals surface area contributed by atoms with E-state index in [2.05, 4.69) is 4.74 Å². The summed E-state index contributed by atoms with van der Waals surface area (Å²) in [4.78, 5) is 14.6. The van der Waals surface area contributed by atoms with Gasteiger partial charge >= 0.3 is 6.61 Å². The molecule has 1 heterocycles. The quantitative estimate of drug-likeness (QED) is 0.572. The summed E-state index contributed by atoms with van der Waals surface area (Å²) < 4.78 is 29.0. The molecular formula is C20H17F2NO2. The van der Waals surface area contributed by atoms with E-state index in [1.54, 1.807) is 6.07 Å². The maximum atomic E-state index is 12.5. The lowest BCUT2D eigenvalue weighted by atomic mass is 10.0. The minimum atomic E-state index is -2.92. The number of carbonyl (C=O) groups excluding carboxylic acids is 1. The summed E-state index contributed by atoms with van der Waals surface area (Å²) in [5.41, 5.74) is 3.17. The molecule has 0 atom stereocenters. The van der Waals surface area contributed by atoms with Gasteiger partial charge in [-0.3, -0.25) is 4.79 Å². The number of para-hydroxylation sites is 1. The molecule has 0 aliphatic carbocycles. The summed E-state index contributed by atoms with van der Waals surface area (Å²) in [5, 5.41) is 0. The number of hydrogen-bond acceptors (Lipinski definition) is 3. The summed E-state index contributed by atoms with van der Waals surface area (Å²) in [5.74, 6) is -0.298. The number of alkyl halides is 2. The molecule has 25 heavy (non-hydrogen) atoms. The molecule has 1 aliphatic heterocycles. The summed E-state index contributed by atoms with van der Waals surface area (Å²) in [6.07, 6.45) is 5.34. The van der Waals surface area contributed by atoms with Crippen molar-refractivity contribution in [1.82, 2.24) is 0 Å². The van der Waals surface area contributed by atoms with E-state index in [0.717, 1.165) is 16.9 Å². The predicted octanol–water partition coefficient (Wildman–Crippen LogP) is 4.91. The van der Waals surface area contributed by atoms with Crippen molar-refractivity contribution in [3.8, 4) is 5.75 Å². The number of ketones is 1. The molecule has 2 aromatic rings. The number of rotatable bonds is 5. The molecule has 1 aliphatic rings. The van der Waals surface area contributed by atoms with Crippen LogP contribution in [-0.2, 0) is 0 Å². The van der Waals surface area contributed by atoms with Crippen molar-refractivity contribution in [2.75, 3.05) is 11.4 Å². The maximum Gasteiger partial charge on any atom is 0.387 e. The standard InChI is InChI=1S/C20H17F2NO2/c1-2-23-16(11-10-14-6-3-4-9-18(14)23)13-19(24)15-7-5-8-17(12-15)25-20(21)22/h3-13,20H,2H2,1H3/b16-13+. The maximum absolute atomic E-state index is 12.5. The van der Waals surface area contributed by atoms with Crippen LogP contribution >= 0.6 is 0 Å². The molecule has 0 aromatic heterocycles. The highest BCUT2D eigenvalue weighted by Gasteiger charge is 2.17. The number of hydrogen-bond donors (Lipinski definition) is 0. The van der Waals surface area contributed by atoms with Crippen LogP contribution in [0.5, 0.6) is 5.75 Å². The van der Waals surface area contributed by atoms with Gasteiger partial charge in [-0.2, -0.15) is 8.78 Å². The zero-order chi connectivity index (χ0) is 17.8. The molecule has 0 amide bonds. The van der Waals surface area contributed by atoms with Crippen LogP contribution in [0.1, 0.15) is 22.8 Å². The number of anilines is 1. The first-order valence-corrected chi connectivity index (χ1v) is 7.94. The van der Waals surface area contributed by atoms with Crippen LogP contribution in [0.15, 0.2) is 66.4 Å². The molecule has 0 bridgehead atoms. The van der Waals surface area contributed by atoms with Crippen LogP contribution in [0.25, 0.3) is 6.08 Å². The second-order valence-electron chi connectivity index (χ2n) is 5.48. The van der Waals surface area contributed by atoms with Crippen LogP contribution in [0.4, 0.5) is 14.5 Å². The predicted molar refractivity (Wildman–Crippen MR) is 94.0 cm³/mol. The molecular weight excluding hydrogens is 324 g/mol. The fourth-order valence-corrected chi connectivity index (χ4v) is 2.80. The van der Waals surface area contributed by atoms with Gasteiger partial charge in [0.2, 0.25) is 0 Å². The van der Waals surface area contributed by atoms with Gasteiger partial charge in [0.05, 0.1) is 0 Å². The van der Waals surface area contributed by atoms with Gasteiger partial charge in [-0.05, 0) is 36.8 Å². The second kappa shape index (κ2) is 7.30. The minimum Gasteiger partial charge on any atom is -0.435 e. The Hall–Kier alpha value is -2.95. The summed E-state index contributed by atoms with van der Waals surface area (Å²) >= 11 is 0. The Kier molecular flexibility index (Phi) is 4.93. The SMILES string of the molecule is CCN1/C(=C/C(=O)c2cccc(OC(F)F)c2)C=Cc2ccccc21. The Morgan fingerprint density at radius 1 is 1.16 bits per heavy atom. The Balaban J connectivity index is 1.89. The number of ether oxygens (including phenoxy) is 1. The van der Waals surface area contributed by atoms with Gasteiger partial charge in [-0.25, -0.2) is 0 Å². The lowest BCUT2D eigenvalue weighted by Gasteiger charge is -2.29. The minimum absolute atomic E-state index is 0.0314. The average molecular weight is 341 g/mol. The summed E-state index contributed by atoms with van der Waals surface area (Å²) in [6, 6.07) is 13.7. The number of allylic oxidation sites excluding steroid dienone is 2. The van der Waals surface area contributed by atoms with Crippen molar-refractivity contribution >= 4 is 17.5 Å². The van der Waals surface area contributed by atoms with E-state index in [1.807, 2.05) is 48.2 Å². The van der Waals surface area contributed by atoms with Crippen molar-refractivity contribution < 1.29 is 18.3 Å². The summed E-state index contributed by atoms with van der Waals surface area (Å²) in [7, 11) is 0. The zero-order valence-electron chi connectivity index (χ0n) is 13.7. The van der Waals surface area contributed by atoms with Crippen LogP contribution in [0.2, 0.25) is 0 Å². The van der Waals surface area contributed by atoms with Crippen LogP contribution in [0, 0.1) is 0 Å². The van der Waals surface area contributed by atoms with E-state index in [4.69, 9.17) is 0 Å². The molecule has 0 fully saturated rings. The van der Waals surface area contributed by atoms with Crippen molar-refractivity contribution in [2.45, 2.75) is 13.5 Å². The number of fused-ring (bicyclic) bond motifs is 1. The lowest BCUT2D eigenvalue weighted by Crippen LogP contribution is -2.24. The van der Waals surface area contributed by atoms with E-state index >= 15 is 0 Å². The number of carbonyl (C=O) groups is 1. The largest absolute Gasteiger partial charge is 0.435 e. The highest BCUT2D eigenvalue weighted by molar-refractivity contribution is 6.06. The van der Waals surface area contributed by atoms with E-state index in [1.165, 1.54) is 24.3 Å². The van der Waals surface area contributed by atoms with Crippen LogP contribution in [0.3, 0.4) is 0 Å². The number of nitrogens with zero attached hydrogens (tertiary/aromatic N) is 1. The highest BCUT2D eigenvalue weighted by atomic mass is 19.3. The Bertz CT molecular complexity index is 843. The molecule has 3 rings (SSSR count). The number of likely N-dealkylation sites (N-methyl/N-ethyl adjacent to an activating group) is 1. The molecule has 0 N–H and O–H groups in total. The van der Waals surface area contributed by atoms with Gasteiger partial charge in [0.1, 0.15) is 5.75 Å². The lowest BCUT2D eigenvalue weighted by molar-refractivity contribution is -0.0498. The number of benzene rings is 2. The second-order valence-corrected chi connectivity index (χ2v) is 5.48. The van der Waals surface area contributed by atoms with E-state index < -0.39 is 6.61 Å². The fourth-order valence-electron chi connectivity index (χ4n) is 2.80. The molecule has 0 saturated carbocycles. The Labute approximate surface area is 144 Å². The smallest absolute Gasteiger partial charge is 0.387 e. The molecule has 0 spiro atoms. The monoisotopic (exact) mass is 341 g/mol. The third-order valence-electron chi connectivity index (χ3n) is 3.91. The Morgan fingerprint density at radius 3 is 2.72 bits per heavy atom. The zero-order valence-corrected chi connectivity index (χ0v) is 13.7. The van der Waals surface area contributed by atoms with Crippen LogP contribution < -0.4 is 9.64 Å². The molecule has 3 nitrogen and oxygen atoms in total. The van der Waals surface area contributed by atoms with Crippen LogP contribution in [-0.4, -0.2) is 18.9 Å². The first-order valence-electron chi connectivity index (χ1n) is 7.94. The first kappa shape index (κ1) is 16.9. The molecule has 0 radical (unpaired) electrons. The Morgan fingerprint density at radius 2 is 1.96 bits per heavy atom. The fraction of sp³-hybridized carbons (Fsp3) is 0.150. The van der Waals surface area contributed by atoms with Crippen molar-refractivity contribution in [3.63, 3.8) is 0 Å². The van der Waals surface area contributed by atoms with Crippen molar-refractivity contribution in [3.05, 3.63) is 77.5 Å². The van der Waals surface area contributed by atoms with Gasteiger partial charge in [0, 0.05) is 29.6 Å². The van der Waals surface area contributed by atoms with E-state index in [0.29, 0.717) is 12.1 Å². The molecule has 2 aromatic carbocycles. The van der Waals surface area contributed by atoms with Gasteiger partial charge in [-0.1, -0.05) is 36.4 Å².